The third kappa shape index (κ3) is 3.60. The predicted molar refractivity (Wildman–Crippen MR) is 90.5 cm³/mol. The third-order valence-electron chi connectivity index (χ3n) is 6.13. The summed E-state index contributed by atoms with van der Waals surface area (Å²) >= 11 is 0. The van der Waals surface area contributed by atoms with E-state index in [2.05, 4.69) is 24.3 Å². The minimum Gasteiger partial charge on any atom is -0.326 e. The van der Waals surface area contributed by atoms with Crippen LogP contribution < -0.4 is 5.73 Å². The molecule has 1 aromatic carbocycles. The second-order valence-electron chi connectivity index (χ2n) is 7.37. The highest BCUT2D eigenvalue weighted by Gasteiger charge is 2.31. The van der Waals surface area contributed by atoms with Gasteiger partial charge in [-0.05, 0) is 80.2 Å². The second kappa shape index (κ2) is 7.41. The standard InChI is InChI=1S/C20H29NO/c21-13-15-1-5-17(6-2-15)19-9-11-20(12-10-19)18-7-3-16(14-22)4-8-18/h1-2,5-6,14,16,18-20H,3-4,7-13,21H2/t16?,18?,19-,20-. The van der Waals surface area contributed by atoms with Gasteiger partial charge in [0, 0.05) is 12.5 Å². The van der Waals surface area contributed by atoms with Gasteiger partial charge in [0.2, 0.25) is 0 Å². The van der Waals surface area contributed by atoms with Crippen molar-refractivity contribution >= 4 is 6.29 Å². The van der Waals surface area contributed by atoms with Crippen LogP contribution in [0.1, 0.15) is 68.4 Å². The molecule has 2 fully saturated rings. The highest BCUT2D eigenvalue weighted by molar-refractivity contribution is 5.53. The summed E-state index contributed by atoms with van der Waals surface area (Å²) in [4.78, 5) is 10.9. The van der Waals surface area contributed by atoms with E-state index in [-0.39, 0.29) is 0 Å². The molecule has 0 atom stereocenters. The van der Waals surface area contributed by atoms with E-state index < -0.39 is 0 Å². The first-order valence-electron chi connectivity index (χ1n) is 9.04. The summed E-state index contributed by atoms with van der Waals surface area (Å²) in [6.45, 7) is 0.635. The molecule has 22 heavy (non-hydrogen) atoms. The maximum Gasteiger partial charge on any atom is 0.123 e. The van der Waals surface area contributed by atoms with Crippen molar-refractivity contribution in [2.75, 3.05) is 0 Å². The lowest BCUT2D eigenvalue weighted by molar-refractivity contribution is -0.112. The molecule has 0 bridgehead atoms. The number of aldehydes is 1. The average molecular weight is 299 g/mol. The van der Waals surface area contributed by atoms with Crippen molar-refractivity contribution in [3.63, 3.8) is 0 Å². The fourth-order valence-electron chi connectivity index (χ4n) is 4.60. The molecule has 2 saturated carbocycles. The lowest BCUT2D eigenvalue weighted by atomic mass is 9.68. The molecule has 2 aliphatic carbocycles. The maximum absolute atomic E-state index is 10.9. The van der Waals surface area contributed by atoms with Crippen LogP contribution in [0.15, 0.2) is 24.3 Å². The van der Waals surface area contributed by atoms with Gasteiger partial charge in [-0.1, -0.05) is 24.3 Å². The van der Waals surface area contributed by atoms with Gasteiger partial charge in [-0.3, -0.25) is 0 Å². The first-order valence-corrected chi connectivity index (χ1v) is 9.04. The molecule has 120 valence electrons. The summed E-state index contributed by atoms with van der Waals surface area (Å²) in [6.07, 6.45) is 11.4. The van der Waals surface area contributed by atoms with Crippen LogP contribution in [0.25, 0.3) is 0 Å². The molecule has 0 aliphatic heterocycles. The van der Waals surface area contributed by atoms with Gasteiger partial charge in [0.05, 0.1) is 0 Å². The third-order valence-corrected chi connectivity index (χ3v) is 6.13. The topological polar surface area (TPSA) is 43.1 Å². The van der Waals surface area contributed by atoms with Gasteiger partial charge >= 0.3 is 0 Å². The van der Waals surface area contributed by atoms with E-state index in [1.807, 2.05) is 0 Å². The fourth-order valence-corrected chi connectivity index (χ4v) is 4.60. The summed E-state index contributed by atoms with van der Waals surface area (Å²) in [5.74, 6) is 2.90. The molecule has 2 N–H and O–H groups in total. The van der Waals surface area contributed by atoms with Crippen molar-refractivity contribution in [2.45, 2.75) is 63.8 Å². The van der Waals surface area contributed by atoms with Crippen LogP contribution in [0.2, 0.25) is 0 Å². The zero-order valence-electron chi connectivity index (χ0n) is 13.5. The van der Waals surface area contributed by atoms with Crippen LogP contribution in [-0.2, 0) is 11.3 Å². The van der Waals surface area contributed by atoms with Crippen LogP contribution in [-0.4, -0.2) is 6.29 Å². The Morgan fingerprint density at radius 2 is 1.41 bits per heavy atom. The maximum atomic E-state index is 10.9. The van der Waals surface area contributed by atoms with Gasteiger partial charge in [-0.15, -0.1) is 0 Å². The van der Waals surface area contributed by atoms with Crippen LogP contribution in [0, 0.1) is 17.8 Å². The highest BCUT2D eigenvalue weighted by atomic mass is 16.1. The molecule has 2 aliphatic rings. The molecule has 0 unspecified atom stereocenters. The van der Waals surface area contributed by atoms with Gasteiger partial charge in [-0.2, -0.15) is 0 Å². The Labute approximate surface area is 134 Å². The minimum atomic E-state index is 0.355. The molecule has 1 aromatic rings. The van der Waals surface area contributed by atoms with Crippen molar-refractivity contribution in [1.29, 1.82) is 0 Å². The first kappa shape index (κ1) is 15.7. The van der Waals surface area contributed by atoms with Crippen LogP contribution in [0.5, 0.6) is 0 Å². The van der Waals surface area contributed by atoms with Crippen LogP contribution in [0.3, 0.4) is 0 Å². The zero-order valence-corrected chi connectivity index (χ0v) is 13.5. The fraction of sp³-hybridized carbons (Fsp3) is 0.650. The molecule has 0 heterocycles. The molecule has 0 spiro atoms. The Morgan fingerprint density at radius 1 is 0.864 bits per heavy atom. The smallest absolute Gasteiger partial charge is 0.123 e. The lowest BCUT2D eigenvalue weighted by Gasteiger charge is -2.37. The molecule has 2 nitrogen and oxygen atoms in total. The molecule has 0 radical (unpaired) electrons. The number of hydrogen-bond donors (Lipinski definition) is 1. The Bertz CT molecular complexity index is 465. The summed E-state index contributed by atoms with van der Waals surface area (Å²) in [5, 5.41) is 0. The van der Waals surface area contributed by atoms with E-state index in [1.165, 1.54) is 55.9 Å². The number of carbonyl (C=O) groups is 1. The second-order valence-corrected chi connectivity index (χ2v) is 7.37. The number of nitrogens with two attached hydrogens (primary N) is 1. The van der Waals surface area contributed by atoms with E-state index in [1.54, 1.807) is 0 Å². The van der Waals surface area contributed by atoms with Crippen molar-refractivity contribution in [3.05, 3.63) is 35.4 Å². The summed E-state index contributed by atoms with van der Waals surface area (Å²) in [7, 11) is 0. The molecular formula is C20H29NO. The quantitative estimate of drug-likeness (QED) is 0.836. The van der Waals surface area contributed by atoms with E-state index >= 15 is 0 Å². The van der Waals surface area contributed by atoms with E-state index in [4.69, 9.17) is 5.73 Å². The predicted octanol–water partition coefficient (Wildman–Crippen LogP) is 4.42. The zero-order chi connectivity index (χ0) is 15.4. The Kier molecular flexibility index (Phi) is 5.30. The molecule has 3 rings (SSSR count). The first-order chi connectivity index (χ1) is 10.8. The average Bonchev–Trinajstić information content (AvgIpc) is 2.62. The van der Waals surface area contributed by atoms with E-state index in [0.29, 0.717) is 12.5 Å². The Morgan fingerprint density at radius 3 is 1.91 bits per heavy atom. The monoisotopic (exact) mass is 299 g/mol. The largest absolute Gasteiger partial charge is 0.326 e. The van der Waals surface area contributed by atoms with Gasteiger partial charge in [0.25, 0.3) is 0 Å². The minimum absolute atomic E-state index is 0.355. The lowest BCUT2D eigenvalue weighted by Crippen LogP contribution is -2.25. The number of benzene rings is 1. The van der Waals surface area contributed by atoms with Crippen LogP contribution in [0.4, 0.5) is 0 Å². The van der Waals surface area contributed by atoms with Gasteiger partial charge in [-0.25, -0.2) is 0 Å². The Hall–Kier alpha value is -1.15. The van der Waals surface area contributed by atoms with E-state index in [9.17, 15) is 4.79 Å². The van der Waals surface area contributed by atoms with Gasteiger partial charge in [0.1, 0.15) is 6.29 Å². The molecule has 2 heteroatoms. The normalized spacial score (nSPS) is 32.6. The molecule has 0 amide bonds. The molecule has 0 aromatic heterocycles. The molecular weight excluding hydrogens is 270 g/mol. The number of rotatable bonds is 4. The van der Waals surface area contributed by atoms with Crippen molar-refractivity contribution < 1.29 is 4.79 Å². The van der Waals surface area contributed by atoms with Crippen molar-refractivity contribution in [1.82, 2.24) is 0 Å². The van der Waals surface area contributed by atoms with Crippen LogP contribution >= 0.6 is 0 Å². The number of hydrogen-bond acceptors (Lipinski definition) is 2. The van der Waals surface area contributed by atoms with Crippen molar-refractivity contribution in [3.8, 4) is 0 Å². The summed E-state index contributed by atoms with van der Waals surface area (Å²) in [6, 6.07) is 8.93. The SMILES string of the molecule is NCc1ccc([C@H]2CC[C@H](C3CCC(C=O)CC3)CC2)cc1. The Balaban J connectivity index is 1.50. The summed E-state index contributed by atoms with van der Waals surface area (Å²) < 4.78 is 0. The van der Waals surface area contributed by atoms with Gasteiger partial charge in [0.15, 0.2) is 0 Å². The highest BCUT2D eigenvalue weighted by Crippen LogP contribution is 2.43. The molecule has 0 saturated heterocycles. The van der Waals surface area contributed by atoms with Crippen molar-refractivity contribution in [2.24, 2.45) is 23.5 Å². The van der Waals surface area contributed by atoms with E-state index in [0.717, 1.165) is 30.6 Å². The number of carbonyl (C=O) groups excluding carboxylic acids is 1. The van der Waals surface area contributed by atoms with Gasteiger partial charge < -0.3 is 10.5 Å². The summed E-state index contributed by atoms with van der Waals surface area (Å²) in [5.41, 5.74) is 8.40.